The van der Waals surface area contributed by atoms with Crippen LogP contribution in [0.2, 0.25) is 0 Å². The molecule has 0 bridgehead atoms. The van der Waals surface area contributed by atoms with Crippen LogP contribution in [0.15, 0.2) is 25.2 Å². The zero-order chi connectivity index (χ0) is 7.94. The Balaban J connectivity index is 2.05. The summed E-state index contributed by atoms with van der Waals surface area (Å²) < 4.78 is 10.2. The molecule has 2 nitrogen and oxygen atoms in total. The van der Waals surface area contributed by atoms with E-state index in [0.717, 1.165) is 13.0 Å². The Kier molecular flexibility index (Phi) is 3.76. The lowest BCUT2D eigenvalue weighted by Gasteiger charge is -2.03. The van der Waals surface area contributed by atoms with E-state index >= 15 is 0 Å². The maximum Gasteiger partial charge on any atom is 0.0862 e. The number of hydrogen-bond acceptors (Lipinski definition) is 2. The van der Waals surface area contributed by atoms with Crippen LogP contribution < -0.4 is 0 Å². The highest BCUT2D eigenvalue weighted by Gasteiger charge is 2.12. The standard InChI is InChI=1S/C9H14O2/c1-2-10-7-3-5-9-6-4-8-11-9/h2-3,7,9H,1,4-6,8H2. The summed E-state index contributed by atoms with van der Waals surface area (Å²) in [5.41, 5.74) is 0. The minimum Gasteiger partial charge on any atom is -0.474 e. The van der Waals surface area contributed by atoms with Gasteiger partial charge < -0.3 is 9.47 Å². The monoisotopic (exact) mass is 154 g/mol. The lowest BCUT2D eigenvalue weighted by Crippen LogP contribution is -2.01. The third kappa shape index (κ3) is 3.23. The van der Waals surface area contributed by atoms with Crippen molar-refractivity contribution in [1.29, 1.82) is 0 Å². The fraction of sp³-hybridized carbons (Fsp3) is 0.556. The van der Waals surface area contributed by atoms with Crippen LogP contribution in [0.4, 0.5) is 0 Å². The molecule has 0 saturated carbocycles. The van der Waals surface area contributed by atoms with Gasteiger partial charge in [-0.25, -0.2) is 0 Å². The van der Waals surface area contributed by atoms with E-state index in [1.807, 2.05) is 6.08 Å². The molecule has 0 aromatic rings. The average Bonchev–Trinajstić information content (AvgIpc) is 2.50. The average molecular weight is 154 g/mol. The summed E-state index contributed by atoms with van der Waals surface area (Å²) in [7, 11) is 0. The summed E-state index contributed by atoms with van der Waals surface area (Å²) in [5, 5.41) is 0. The lowest BCUT2D eigenvalue weighted by atomic mass is 10.2. The number of ether oxygens (including phenoxy) is 2. The Morgan fingerprint density at radius 2 is 2.55 bits per heavy atom. The van der Waals surface area contributed by atoms with Gasteiger partial charge in [-0.1, -0.05) is 6.58 Å². The highest BCUT2D eigenvalue weighted by molar-refractivity contribution is 4.81. The smallest absolute Gasteiger partial charge is 0.0862 e. The third-order valence-corrected chi connectivity index (χ3v) is 1.69. The summed E-state index contributed by atoms with van der Waals surface area (Å²) in [4.78, 5) is 0. The molecule has 0 aromatic carbocycles. The molecule has 0 aromatic heterocycles. The van der Waals surface area contributed by atoms with Crippen LogP contribution in [0.3, 0.4) is 0 Å². The van der Waals surface area contributed by atoms with Crippen LogP contribution in [0.25, 0.3) is 0 Å². The molecule has 1 atom stereocenters. The minimum absolute atomic E-state index is 0.416. The van der Waals surface area contributed by atoms with Crippen molar-refractivity contribution in [3.05, 3.63) is 25.2 Å². The molecule has 1 fully saturated rings. The summed E-state index contributed by atoms with van der Waals surface area (Å²) in [6.45, 7) is 4.34. The van der Waals surface area contributed by atoms with Crippen molar-refractivity contribution < 1.29 is 9.47 Å². The Morgan fingerprint density at radius 3 is 3.18 bits per heavy atom. The van der Waals surface area contributed by atoms with Crippen LogP contribution >= 0.6 is 0 Å². The predicted octanol–water partition coefficient (Wildman–Crippen LogP) is 2.23. The van der Waals surface area contributed by atoms with Crippen molar-refractivity contribution >= 4 is 0 Å². The first kappa shape index (κ1) is 8.34. The van der Waals surface area contributed by atoms with Crippen molar-refractivity contribution in [2.45, 2.75) is 25.4 Å². The third-order valence-electron chi connectivity index (χ3n) is 1.69. The first-order valence-electron chi connectivity index (χ1n) is 3.96. The molecule has 0 N–H and O–H groups in total. The van der Waals surface area contributed by atoms with Gasteiger partial charge in [0.25, 0.3) is 0 Å². The normalized spacial score (nSPS) is 24.2. The summed E-state index contributed by atoms with van der Waals surface area (Å²) in [6, 6.07) is 0. The van der Waals surface area contributed by atoms with E-state index in [1.54, 1.807) is 6.26 Å². The second kappa shape index (κ2) is 4.97. The van der Waals surface area contributed by atoms with Gasteiger partial charge in [0.05, 0.1) is 18.6 Å². The molecule has 11 heavy (non-hydrogen) atoms. The van der Waals surface area contributed by atoms with Crippen molar-refractivity contribution in [2.75, 3.05) is 6.61 Å². The molecule has 0 radical (unpaired) electrons. The molecule has 1 rings (SSSR count). The first-order chi connectivity index (χ1) is 5.43. The highest BCUT2D eigenvalue weighted by Crippen LogP contribution is 2.15. The Labute approximate surface area is 67.5 Å². The van der Waals surface area contributed by atoms with E-state index in [-0.39, 0.29) is 0 Å². The molecule has 62 valence electrons. The molecule has 0 spiro atoms. The van der Waals surface area contributed by atoms with Crippen LogP contribution in [-0.2, 0) is 9.47 Å². The Morgan fingerprint density at radius 1 is 1.64 bits per heavy atom. The fourth-order valence-electron chi connectivity index (χ4n) is 1.15. The molecule has 1 saturated heterocycles. The predicted molar refractivity (Wildman–Crippen MR) is 44.0 cm³/mol. The quantitative estimate of drug-likeness (QED) is 0.578. The molecular formula is C9H14O2. The molecule has 1 heterocycles. The summed E-state index contributed by atoms with van der Waals surface area (Å²) >= 11 is 0. The molecular weight excluding hydrogens is 140 g/mol. The largest absolute Gasteiger partial charge is 0.474 e. The fourth-order valence-corrected chi connectivity index (χ4v) is 1.15. The summed E-state index contributed by atoms with van der Waals surface area (Å²) in [5.74, 6) is 0. The van der Waals surface area contributed by atoms with Crippen LogP contribution in [-0.4, -0.2) is 12.7 Å². The number of rotatable bonds is 4. The van der Waals surface area contributed by atoms with E-state index in [0.29, 0.717) is 6.10 Å². The van der Waals surface area contributed by atoms with Gasteiger partial charge in [-0.2, -0.15) is 0 Å². The van der Waals surface area contributed by atoms with Gasteiger partial charge >= 0.3 is 0 Å². The lowest BCUT2D eigenvalue weighted by molar-refractivity contribution is 0.113. The van der Waals surface area contributed by atoms with Crippen LogP contribution in [0.1, 0.15) is 19.3 Å². The van der Waals surface area contributed by atoms with Gasteiger partial charge in [-0.3, -0.25) is 0 Å². The van der Waals surface area contributed by atoms with Gasteiger partial charge in [0.2, 0.25) is 0 Å². The number of hydrogen-bond donors (Lipinski definition) is 0. The maximum absolute atomic E-state index is 5.40. The maximum atomic E-state index is 5.40. The van der Waals surface area contributed by atoms with Gasteiger partial charge in [0.1, 0.15) is 0 Å². The van der Waals surface area contributed by atoms with Crippen molar-refractivity contribution in [2.24, 2.45) is 0 Å². The zero-order valence-corrected chi connectivity index (χ0v) is 6.66. The molecule has 1 aliphatic heterocycles. The second-order valence-electron chi connectivity index (χ2n) is 2.55. The molecule has 1 aliphatic rings. The van der Waals surface area contributed by atoms with E-state index in [4.69, 9.17) is 9.47 Å². The van der Waals surface area contributed by atoms with Gasteiger partial charge in [0.15, 0.2) is 0 Å². The first-order valence-corrected chi connectivity index (χ1v) is 3.96. The molecule has 0 aliphatic carbocycles. The topological polar surface area (TPSA) is 18.5 Å². The van der Waals surface area contributed by atoms with Crippen molar-refractivity contribution in [1.82, 2.24) is 0 Å². The van der Waals surface area contributed by atoms with Crippen LogP contribution in [0.5, 0.6) is 0 Å². The van der Waals surface area contributed by atoms with Gasteiger partial charge in [0, 0.05) is 6.61 Å². The van der Waals surface area contributed by atoms with E-state index in [2.05, 4.69) is 6.58 Å². The van der Waals surface area contributed by atoms with Crippen molar-refractivity contribution in [3.63, 3.8) is 0 Å². The Hall–Kier alpha value is -0.760. The minimum atomic E-state index is 0.416. The van der Waals surface area contributed by atoms with E-state index < -0.39 is 0 Å². The second-order valence-corrected chi connectivity index (χ2v) is 2.55. The zero-order valence-electron chi connectivity index (χ0n) is 6.66. The van der Waals surface area contributed by atoms with Gasteiger partial charge in [-0.05, 0) is 25.3 Å². The van der Waals surface area contributed by atoms with E-state index in [1.165, 1.54) is 19.1 Å². The van der Waals surface area contributed by atoms with Crippen LogP contribution in [0, 0.1) is 0 Å². The Bertz CT molecular complexity index is 134. The summed E-state index contributed by atoms with van der Waals surface area (Å²) in [6.07, 6.45) is 8.77. The SMILES string of the molecule is C=COC=CCC1CCCO1. The van der Waals surface area contributed by atoms with Gasteiger partial charge in [-0.15, -0.1) is 0 Å². The van der Waals surface area contributed by atoms with E-state index in [9.17, 15) is 0 Å². The molecule has 2 heteroatoms. The molecule has 0 amide bonds. The highest BCUT2D eigenvalue weighted by atomic mass is 16.5. The van der Waals surface area contributed by atoms with Crippen molar-refractivity contribution in [3.8, 4) is 0 Å². The molecule has 1 unspecified atom stereocenters.